The number of nitrogens with one attached hydrogen (secondary N) is 1. The molecular weight excluding hydrogens is 462 g/mol. The molecule has 0 aromatic heterocycles. The molecule has 33 heavy (non-hydrogen) atoms. The van der Waals surface area contributed by atoms with Crippen molar-refractivity contribution in [1.82, 2.24) is 14.5 Å². The fourth-order valence-corrected chi connectivity index (χ4v) is 4.43. The first-order valence-corrected chi connectivity index (χ1v) is 12.6. The van der Waals surface area contributed by atoms with E-state index in [0.29, 0.717) is 10.6 Å². The largest absolute Gasteiger partial charge is 0.352 e. The number of amides is 2. The van der Waals surface area contributed by atoms with Crippen molar-refractivity contribution in [2.24, 2.45) is 0 Å². The van der Waals surface area contributed by atoms with Gasteiger partial charge in [0.1, 0.15) is 6.04 Å². The molecule has 2 amide bonds. The van der Waals surface area contributed by atoms with Crippen LogP contribution in [0.3, 0.4) is 0 Å². The van der Waals surface area contributed by atoms with Gasteiger partial charge in [0.05, 0.1) is 11.4 Å². The lowest BCUT2D eigenvalue weighted by molar-refractivity contribution is -0.140. The van der Waals surface area contributed by atoms with Gasteiger partial charge in [-0.25, -0.2) is 8.42 Å². The first-order valence-electron chi connectivity index (χ1n) is 10.8. The molecule has 0 unspecified atom stereocenters. The molecule has 0 fully saturated rings. The molecule has 1 N–H and O–H groups in total. The molecule has 180 valence electrons. The topological polar surface area (TPSA) is 86.8 Å². The van der Waals surface area contributed by atoms with E-state index in [2.05, 4.69) is 5.32 Å². The average molecular weight is 494 g/mol. The van der Waals surface area contributed by atoms with Crippen LogP contribution in [0, 0.1) is 6.92 Å². The zero-order valence-electron chi connectivity index (χ0n) is 19.7. The lowest BCUT2D eigenvalue weighted by Gasteiger charge is -2.31. The molecule has 0 aliphatic carbocycles. The van der Waals surface area contributed by atoms with Crippen molar-refractivity contribution in [1.29, 1.82) is 0 Å². The van der Waals surface area contributed by atoms with Crippen LogP contribution in [0.25, 0.3) is 0 Å². The molecule has 0 radical (unpaired) electrons. The van der Waals surface area contributed by atoms with Crippen LogP contribution in [-0.2, 0) is 26.2 Å². The van der Waals surface area contributed by atoms with Gasteiger partial charge in [-0.3, -0.25) is 9.59 Å². The van der Waals surface area contributed by atoms with E-state index >= 15 is 0 Å². The Morgan fingerprint density at radius 3 is 2.24 bits per heavy atom. The summed E-state index contributed by atoms with van der Waals surface area (Å²) in [5.41, 5.74) is 1.60. The van der Waals surface area contributed by atoms with Crippen LogP contribution in [0.4, 0.5) is 0 Å². The van der Waals surface area contributed by atoms with Crippen LogP contribution in [0.1, 0.15) is 38.3 Å². The minimum absolute atomic E-state index is 0.0539. The number of carbonyl (C=O) groups excluding carboxylic acids is 2. The molecule has 0 spiro atoms. The fourth-order valence-electron chi connectivity index (χ4n) is 3.11. The zero-order valence-corrected chi connectivity index (χ0v) is 21.3. The Balaban J connectivity index is 2.29. The van der Waals surface area contributed by atoms with Gasteiger partial charge in [0.25, 0.3) is 0 Å². The minimum Gasteiger partial charge on any atom is -0.352 e. The number of nitrogens with zero attached hydrogens (tertiary/aromatic N) is 2. The summed E-state index contributed by atoms with van der Waals surface area (Å²) >= 11 is 6.29. The van der Waals surface area contributed by atoms with Gasteiger partial charge in [-0.2, -0.15) is 4.31 Å². The Hall–Kier alpha value is -2.42. The Morgan fingerprint density at radius 1 is 1.06 bits per heavy atom. The third-order valence-electron chi connectivity index (χ3n) is 5.55. The highest BCUT2D eigenvalue weighted by atomic mass is 35.5. The van der Waals surface area contributed by atoms with E-state index in [9.17, 15) is 18.0 Å². The van der Waals surface area contributed by atoms with Crippen LogP contribution in [0.2, 0.25) is 5.02 Å². The molecular formula is C24H32ClN3O4S. The lowest BCUT2D eigenvalue weighted by atomic mass is 10.1. The third kappa shape index (κ3) is 7.03. The van der Waals surface area contributed by atoms with E-state index in [1.54, 1.807) is 43.3 Å². The molecule has 2 aromatic rings. The second-order valence-corrected chi connectivity index (χ2v) is 10.6. The van der Waals surface area contributed by atoms with E-state index in [1.165, 1.54) is 24.1 Å². The van der Waals surface area contributed by atoms with E-state index < -0.39 is 28.5 Å². The summed E-state index contributed by atoms with van der Waals surface area (Å²) in [6.07, 6.45) is 0.744. The predicted molar refractivity (Wildman–Crippen MR) is 130 cm³/mol. The van der Waals surface area contributed by atoms with Crippen molar-refractivity contribution in [3.63, 3.8) is 0 Å². The fraction of sp³-hybridized carbons (Fsp3) is 0.417. The number of hydrogen-bond donors (Lipinski definition) is 1. The van der Waals surface area contributed by atoms with E-state index in [1.807, 2.05) is 20.8 Å². The SMILES string of the molecule is CC[C@@H](C)NC(=O)[C@H](C)N(Cc1ccccc1Cl)C(=O)CN(C)S(=O)(=O)c1ccc(C)cc1. The molecule has 9 heteroatoms. The molecule has 0 aliphatic rings. The highest BCUT2D eigenvalue weighted by Gasteiger charge is 2.30. The van der Waals surface area contributed by atoms with Crippen LogP contribution in [-0.4, -0.2) is 55.1 Å². The second-order valence-electron chi connectivity index (χ2n) is 8.18. The van der Waals surface area contributed by atoms with Crippen molar-refractivity contribution in [3.8, 4) is 0 Å². The summed E-state index contributed by atoms with van der Waals surface area (Å²) in [7, 11) is -2.52. The normalized spacial score (nSPS) is 13.4. The zero-order chi connectivity index (χ0) is 24.8. The minimum atomic E-state index is -3.88. The summed E-state index contributed by atoms with van der Waals surface area (Å²) in [5, 5.41) is 3.35. The average Bonchev–Trinajstić information content (AvgIpc) is 2.78. The molecule has 2 atom stereocenters. The summed E-state index contributed by atoms with van der Waals surface area (Å²) < 4.78 is 26.9. The number of halogens is 1. The van der Waals surface area contributed by atoms with Crippen LogP contribution >= 0.6 is 11.6 Å². The molecule has 2 rings (SSSR count). The maximum absolute atomic E-state index is 13.3. The monoisotopic (exact) mass is 493 g/mol. The predicted octanol–water partition coefficient (Wildman–Crippen LogP) is 3.60. The van der Waals surface area contributed by atoms with Gasteiger partial charge in [-0.15, -0.1) is 0 Å². The van der Waals surface area contributed by atoms with Gasteiger partial charge in [-0.1, -0.05) is 54.4 Å². The van der Waals surface area contributed by atoms with Gasteiger partial charge in [0.2, 0.25) is 21.8 Å². The Morgan fingerprint density at radius 2 is 1.67 bits per heavy atom. The number of sulfonamides is 1. The highest BCUT2D eigenvalue weighted by molar-refractivity contribution is 7.89. The Kier molecular flexibility index (Phi) is 9.46. The van der Waals surface area contributed by atoms with E-state index in [0.717, 1.165) is 16.3 Å². The van der Waals surface area contributed by atoms with E-state index in [-0.39, 0.29) is 23.4 Å². The molecule has 0 aliphatic heterocycles. The lowest BCUT2D eigenvalue weighted by Crippen LogP contribution is -2.51. The number of aryl methyl sites for hydroxylation is 1. The van der Waals surface area contributed by atoms with Gasteiger partial charge in [0.15, 0.2) is 0 Å². The number of rotatable bonds is 10. The maximum Gasteiger partial charge on any atom is 0.243 e. The third-order valence-corrected chi connectivity index (χ3v) is 7.74. The van der Waals surface area contributed by atoms with Crippen LogP contribution < -0.4 is 5.32 Å². The number of likely N-dealkylation sites (N-methyl/N-ethyl adjacent to an activating group) is 1. The van der Waals surface area contributed by atoms with Crippen molar-refractivity contribution in [2.75, 3.05) is 13.6 Å². The molecule has 7 nitrogen and oxygen atoms in total. The summed E-state index contributed by atoms with van der Waals surface area (Å²) in [4.78, 5) is 27.6. The first-order chi connectivity index (χ1) is 15.5. The molecule has 0 bridgehead atoms. The summed E-state index contributed by atoms with van der Waals surface area (Å²) in [6.45, 7) is 6.98. The molecule has 0 saturated carbocycles. The van der Waals surface area contributed by atoms with Crippen LogP contribution in [0.5, 0.6) is 0 Å². The Bertz CT molecular complexity index is 1070. The number of hydrogen-bond acceptors (Lipinski definition) is 4. The summed E-state index contributed by atoms with van der Waals surface area (Å²) in [6, 6.07) is 12.6. The van der Waals surface area contributed by atoms with Gasteiger partial charge in [0, 0.05) is 24.7 Å². The highest BCUT2D eigenvalue weighted by Crippen LogP contribution is 2.20. The second kappa shape index (κ2) is 11.6. The van der Waals surface area contributed by atoms with Crippen molar-refractivity contribution in [2.45, 2.75) is 57.6 Å². The van der Waals surface area contributed by atoms with Crippen LogP contribution in [0.15, 0.2) is 53.4 Å². The molecule has 2 aromatic carbocycles. The first kappa shape index (κ1) is 26.8. The van der Waals surface area contributed by atoms with Crippen molar-refractivity contribution in [3.05, 3.63) is 64.7 Å². The quantitative estimate of drug-likeness (QED) is 0.547. The van der Waals surface area contributed by atoms with Gasteiger partial charge in [-0.05, 0) is 51.0 Å². The maximum atomic E-state index is 13.3. The smallest absolute Gasteiger partial charge is 0.243 e. The number of benzene rings is 2. The van der Waals surface area contributed by atoms with Crippen molar-refractivity contribution < 1.29 is 18.0 Å². The standard InChI is InChI=1S/C24H32ClN3O4S/c1-6-18(3)26-24(30)19(4)28(15-20-9-7-8-10-22(20)25)23(29)16-27(5)33(31,32)21-13-11-17(2)12-14-21/h7-14,18-19H,6,15-16H2,1-5H3,(H,26,30)/t18-,19+/m1/s1. The molecule has 0 heterocycles. The van der Waals surface area contributed by atoms with Gasteiger partial charge >= 0.3 is 0 Å². The van der Waals surface area contributed by atoms with Gasteiger partial charge < -0.3 is 10.2 Å². The Labute approximate surface area is 201 Å². The molecule has 0 saturated heterocycles. The number of carbonyl (C=O) groups is 2. The van der Waals surface area contributed by atoms with Crippen molar-refractivity contribution >= 4 is 33.4 Å². The summed E-state index contributed by atoms with van der Waals surface area (Å²) in [5.74, 6) is -0.811. The van der Waals surface area contributed by atoms with E-state index in [4.69, 9.17) is 11.6 Å².